The van der Waals surface area contributed by atoms with Crippen molar-refractivity contribution in [1.29, 1.82) is 0 Å². The molecule has 0 bridgehead atoms. The number of aliphatic hydroxyl groups excluding tert-OH is 1. The number of aromatic nitrogens is 1. The number of aryl methyl sites for hydroxylation is 1. The third-order valence-electron chi connectivity index (χ3n) is 3.59. The quantitative estimate of drug-likeness (QED) is 0.822. The summed E-state index contributed by atoms with van der Waals surface area (Å²) >= 11 is 0. The normalized spacial score (nSPS) is 15.4. The zero-order valence-corrected chi connectivity index (χ0v) is 10.8. The Morgan fingerprint density at radius 1 is 1.61 bits per heavy atom. The summed E-state index contributed by atoms with van der Waals surface area (Å²) in [5, 5.41) is 9.11. The minimum absolute atomic E-state index is 0.00452. The summed E-state index contributed by atoms with van der Waals surface area (Å²) in [5.41, 5.74) is 6.98. The van der Waals surface area contributed by atoms with Crippen molar-refractivity contribution in [2.45, 2.75) is 38.8 Å². The fraction of sp³-hybridized carbons (Fsp3) is 0.615. The molecule has 100 valence electrons. The first-order valence-corrected chi connectivity index (χ1v) is 6.54. The van der Waals surface area contributed by atoms with Gasteiger partial charge in [-0.25, -0.2) is 0 Å². The van der Waals surface area contributed by atoms with Crippen molar-refractivity contribution in [2.24, 2.45) is 0 Å². The number of nitrogens with two attached hydrogens (primary N) is 1. The lowest BCUT2D eigenvalue weighted by molar-refractivity contribution is 0.0515. The molecule has 0 aliphatic heterocycles. The monoisotopic (exact) mass is 251 g/mol. The zero-order chi connectivity index (χ0) is 13.1. The van der Waals surface area contributed by atoms with Gasteiger partial charge in [-0.3, -0.25) is 4.79 Å². The molecule has 1 saturated carbocycles. The van der Waals surface area contributed by atoms with Gasteiger partial charge in [0.25, 0.3) is 5.91 Å². The average Bonchev–Trinajstić information content (AvgIpc) is 2.66. The molecule has 2 rings (SSSR count). The second kappa shape index (κ2) is 5.44. The van der Waals surface area contributed by atoms with Crippen molar-refractivity contribution >= 4 is 11.6 Å². The van der Waals surface area contributed by atoms with Crippen molar-refractivity contribution in [3.8, 4) is 0 Å². The fourth-order valence-corrected chi connectivity index (χ4v) is 2.38. The van der Waals surface area contributed by atoms with Crippen LogP contribution in [0.4, 0.5) is 5.69 Å². The molecule has 1 amide bonds. The maximum Gasteiger partial charge on any atom is 0.270 e. The summed E-state index contributed by atoms with van der Waals surface area (Å²) in [5.74, 6) is -0.0210. The van der Waals surface area contributed by atoms with E-state index in [0.29, 0.717) is 17.9 Å². The van der Waals surface area contributed by atoms with E-state index in [1.165, 1.54) is 0 Å². The molecule has 0 spiro atoms. The number of anilines is 1. The van der Waals surface area contributed by atoms with Crippen LogP contribution in [-0.4, -0.2) is 39.7 Å². The number of amides is 1. The molecule has 18 heavy (non-hydrogen) atoms. The molecule has 0 saturated heterocycles. The van der Waals surface area contributed by atoms with Crippen LogP contribution in [0.25, 0.3) is 0 Å². The lowest BCUT2D eigenvalue weighted by Gasteiger charge is -2.37. The van der Waals surface area contributed by atoms with Crippen LogP contribution in [0.15, 0.2) is 12.3 Å². The van der Waals surface area contributed by atoms with Gasteiger partial charge in [-0.15, -0.1) is 0 Å². The first kappa shape index (κ1) is 13.0. The number of aliphatic hydroxyl groups is 1. The van der Waals surface area contributed by atoms with E-state index in [-0.39, 0.29) is 18.6 Å². The zero-order valence-electron chi connectivity index (χ0n) is 10.8. The lowest BCUT2D eigenvalue weighted by Crippen LogP contribution is -2.46. The molecule has 5 heteroatoms. The van der Waals surface area contributed by atoms with Crippen molar-refractivity contribution in [1.82, 2.24) is 9.47 Å². The third-order valence-corrected chi connectivity index (χ3v) is 3.59. The van der Waals surface area contributed by atoms with Crippen molar-refractivity contribution in [3.05, 3.63) is 18.0 Å². The number of hydrogen-bond acceptors (Lipinski definition) is 3. The summed E-state index contributed by atoms with van der Waals surface area (Å²) in [6.45, 7) is 3.11. The molecule has 0 aromatic carbocycles. The van der Waals surface area contributed by atoms with Crippen molar-refractivity contribution in [3.63, 3.8) is 0 Å². The summed E-state index contributed by atoms with van der Waals surface area (Å²) in [6.07, 6.45) is 5.02. The van der Waals surface area contributed by atoms with E-state index in [1.807, 2.05) is 11.5 Å². The maximum atomic E-state index is 12.5. The van der Waals surface area contributed by atoms with Gasteiger partial charge in [-0.1, -0.05) is 0 Å². The van der Waals surface area contributed by atoms with E-state index in [1.54, 1.807) is 17.2 Å². The van der Waals surface area contributed by atoms with Gasteiger partial charge in [-0.05, 0) is 32.3 Å². The van der Waals surface area contributed by atoms with E-state index >= 15 is 0 Å². The molecule has 1 aromatic rings. The molecule has 5 nitrogen and oxygen atoms in total. The number of carbonyl (C=O) groups excluding carboxylic acids is 1. The predicted octanol–water partition coefficient (Wildman–Crippen LogP) is 1.08. The molecule has 1 aromatic heterocycles. The highest BCUT2D eigenvalue weighted by molar-refractivity contribution is 5.94. The summed E-state index contributed by atoms with van der Waals surface area (Å²) in [6, 6.07) is 2.00. The second-order valence-corrected chi connectivity index (χ2v) is 4.75. The van der Waals surface area contributed by atoms with E-state index < -0.39 is 0 Å². The Kier molecular flexibility index (Phi) is 3.91. The number of nitrogens with zero attached hydrogens (tertiary/aromatic N) is 2. The van der Waals surface area contributed by atoms with Gasteiger partial charge < -0.3 is 20.3 Å². The van der Waals surface area contributed by atoms with E-state index in [4.69, 9.17) is 10.8 Å². The second-order valence-electron chi connectivity index (χ2n) is 4.75. The Labute approximate surface area is 107 Å². The van der Waals surface area contributed by atoms with Crippen LogP contribution >= 0.6 is 0 Å². The van der Waals surface area contributed by atoms with Crippen LogP contribution in [-0.2, 0) is 6.54 Å². The van der Waals surface area contributed by atoms with Gasteiger partial charge in [0, 0.05) is 25.3 Å². The molecule has 0 radical (unpaired) electrons. The van der Waals surface area contributed by atoms with E-state index in [0.717, 1.165) is 25.8 Å². The summed E-state index contributed by atoms with van der Waals surface area (Å²) in [4.78, 5) is 14.3. The van der Waals surface area contributed by atoms with E-state index in [2.05, 4.69) is 0 Å². The Morgan fingerprint density at radius 3 is 2.83 bits per heavy atom. The molecule has 0 unspecified atom stereocenters. The molecule has 3 N–H and O–H groups in total. The summed E-state index contributed by atoms with van der Waals surface area (Å²) < 4.78 is 1.86. The van der Waals surface area contributed by atoms with Gasteiger partial charge in [-0.2, -0.15) is 0 Å². The molecule has 1 aliphatic rings. The van der Waals surface area contributed by atoms with Crippen LogP contribution in [0.3, 0.4) is 0 Å². The highest BCUT2D eigenvalue weighted by Gasteiger charge is 2.30. The average molecular weight is 251 g/mol. The largest absolute Gasteiger partial charge is 0.397 e. The number of rotatable bonds is 5. The highest BCUT2D eigenvalue weighted by atomic mass is 16.3. The summed E-state index contributed by atoms with van der Waals surface area (Å²) in [7, 11) is 0. The smallest absolute Gasteiger partial charge is 0.270 e. The van der Waals surface area contributed by atoms with Gasteiger partial charge >= 0.3 is 0 Å². The molecular weight excluding hydrogens is 230 g/mol. The Morgan fingerprint density at radius 2 is 2.33 bits per heavy atom. The topological polar surface area (TPSA) is 71.5 Å². The molecule has 0 atom stereocenters. The predicted molar refractivity (Wildman–Crippen MR) is 70.3 cm³/mol. The molecule has 1 fully saturated rings. The first-order chi connectivity index (χ1) is 8.67. The van der Waals surface area contributed by atoms with Crippen LogP contribution in [0.5, 0.6) is 0 Å². The minimum Gasteiger partial charge on any atom is -0.397 e. The van der Waals surface area contributed by atoms with Crippen LogP contribution in [0.2, 0.25) is 0 Å². The van der Waals surface area contributed by atoms with Gasteiger partial charge in [0.2, 0.25) is 0 Å². The molecule has 1 heterocycles. The fourth-order valence-electron chi connectivity index (χ4n) is 2.38. The van der Waals surface area contributed by atoms with Gasteiger partial charge in [0.05, 0.1) is 12.3 Å². The van der Waals surface area contributed by atoms with Crippen LogP contribution < -0.4 is 5.73 Å². The Balaban J connectivity index is 2.20. The maximum absolute atomic E-state index is 12.5. The lowest BCUT2D eigenvalue weighted by atomic mass is 9.91. The number of nitrogen functional groups attached to an aromatic ring is 1. The third kappa shape index (κ3) is 2.36. The van der Waals surface area contributed by atoms with Crippen molar-refractivity contribution < 1.29 is 9.90 Å². The van der Waals surface area contributed by atoms with Crippen molar-refractivity contribution in [2.75, 3.05) is 18.9 Å². The highest BCUT2D eigenvalue weighted by Crippen LogP contribution is 2.26. The van der Waals surface area contributed by atoms with Gasteiger partial charge in [0.15, 0.2) is 0 Å². The standard InChI is InChI=1S/C13H21N3O2/c1-2-15-9-10(14)8-12(15)13(18)16(6-7-17)11-4-3-5-11/h8-9,11,17H,2-7,14H2,1H3. The Hall–Kier alpha value is -1.49. The van der Waals surface area contributed by atoms with E-state index in [9.17, 15) is 4.79 Å². The molecular formula is C13H21N3O2. The van der Waals surface area contributed by atoms with Crippen LogP contribution in [0.1, 0.15) is 36.7 Å². The number of carbonyl (C=O) groups is 1. The Bertz CT molecular complexity index is 424. The SMILES string of the molecule is CCn1cc(N)cc1C(=O)N(CCO)C1CCC1. The molecule has 1 aliphatic carbocycles. The first-order valence-electron chi connectivity index (χ1n) is 6.54. The minimum atomic E-state index is -0.0210. The number of hydrogen-bond donors (Lipinski definition) is 2. The van der Waals surface area contributed by atoms with Gasteiger partial charge in [0.1, 0.15) is 5.69 Å². The van der Waals surface area contributed by atoms with Crippen LogP contribution in [0, 0.1) is 0 Å².